The lowest BCUT2D eigenvalue weighted by molar-refractivity contribution is -0.128. The summed E-state index contributed by atoms with van der Waals surface area (Å²) < 4.78 is 0. The lowest BCUT2D eigenvalue weighted by Gasteiger charge is -2.35. The van der Waals surface area contributed by atoms with Crippen molar-refractivity contribution in [3.63, 3.8) is 0 Å². The minimum atomic E-state index is -0.777. The number of aldehydes is 2. The summed E-state index contributed by atoms with van der Waals surface area (Å²) in [4.78, 5) is 89.7. The highest BCUT2D eigenvalue weighted by Crippen LogP contribution is 2.19. The summed E-state index contributed by atoms with van der Waals surface area (Å²) in [6, 6.07) is 27.8. The van der Waals surface area contributed by atoms with Crippen molar-refractivity contribution in [2.75, 3.05) is 65.4 Å². The van der Waals surface area contributed by atoms with Crippen LogP contribution in [0.3, 0.4) is 0 Å². The van der Waals surface area contributed by atoms with Gasteiger partial charge in [-0.1, -0.05) is 142 Å². The molecule has 3 aromatic carbocycles. The van der Waals surface area contributed by atoms with Gasteiger partial charge in [0.1, 0.15) is 12.6 Å². The second kappa shape index (κ2) is 38.7. The van der Waals surface area contributed by atoms with Crippen molar-refractivity contribution in [1.82, 2.24) is 47.9 Å². The molecule has 436 valence electrons. The minimum absolute atomic E-state index is 0.0881. The van der Waals surface area contributed by atoms with E-state index < -0.39 is 29.1 Å². The molecule has 18 heteroatoms. The van der Waals surface area contributed by atoms with Crippen LogP contribution in [-0.2, 0) is 52.8 Å². The normalized spacial score (nSPS) is 18.8. The molecule has 1 aliphatic heterocycles. The van der Waals surface area contributed by atoms with Crippen molar-refractivity contribution in [2.24, 2.45) is 17.4 Å². The van der Waals surface area contributed by atoms with Crippen LogP contribution in [0.15, 0.2) is 91.0 Å². The molecule has 1 aliphatic rings. The molecular weight excluding hydrogens is 999 g/mol. The van der Waals surface area contributed by atoms with E-state index in [1.54, 1.807) is 0 Å². The summed E-state index contributed by atoms with van der Waals surface area (Å²) in [6.45, 7) is 6.76. The molecule has 4 rings (SSSR count). The Morgan fingerprint density at radius 3 is 1.48 bits per heavy atom. The van der Waals surface area contributed by atoms with Crippen LogP contribution in [0.5, 0.6) is 0 Å². The predicted molar refractivity (Wildman–Crippen MR) is 313 cm³/mol. The van der Waals surface area contributed by atoms with E-state index in [4.69, 9.17) is 11.5 Å². The topological polar surface area (TPSA) is 280 Å². The van der Waals surface area contributed by atoms with Crippen LogP contribution in [-0.4, -0.2) is 137 Å². The van der Waals surface area contributed by atoms with Crippen molar-refractivity contribution < 1.29 is 33.6 Å². The Labute approximate surface area is 470 Å². The van der Waals surface area contributed by atoms with E-state index >= 15 is 0 Å². The molecule has 0 saturated carbocycles. The van der Waals surface area contributed by atoms with Gasteiger partial charge in [-0.05, 0) is 68.6 Å². The monoisotopic (exact) mass is 1090 g/mol. The van der Waals surface area contributed by atoms with Gasteiger partial charge in [0.25, 0.3) is 0 Å². The van der Waals surface area contributed by atoms with Crippen LogP contribution in [0.4, 0.5) is 0 Å². The Morgan fingerprint density at radius 2 is 0.975 bits per heavy atom. The zero-order chi connectivity index (χ0) is 56.8. The largest absolute Gasteiger partial charge is 0.356 e. The van der Waals surface area contributed by atoms with Gasteiger partial charge >= 0.3 is 0 Å². The fraction of sp³-hybridized carbons (Fsp3) is 0.590. The molecule has 5 amide bonds. The molecule has 1 heterocycles. The summed E-state index contributed by atoms with van der Waals surface area (Å²) in [7, 11) is 0. The first-order valence-corrected chi connectivity index (χ1v) is 29.1. The molecule has 4 atom stereocenters. The summed E-state index contributed by atoms with van der Waals surface area (Å²) in [6.07, 6.45) is 14.5. The van der Waals surface area contributed by atoms with E-state index in [1.807, 2.05) is 97.9 Å². The van der Waals surface area contributed by atoms with E-state index in [0.717, 1.165) is 80.6 Å². The van der Waals surface area contributed by atoms with Gasteiger partial charge in [-0.15, -0.1) is 0 Å². The maximum Gasteiger partial charge on any atom is 0.225 e. The number of hydrogen-bond donors (Lipinski definition) is 11. The van der Waals surface area contributed by atoms with E-state index in [9.17, 15) is 33.6 Å². The van der Waals surface area contributed by atoms with Crippen LogP contribution in [0, 0.1) is 5.92 Å². The molecule has 13 N–H and O–H groups in total. The zero-order valence-corrected chi connectivity index (χ0v) is 47.1. The molecule has 1 saturated heterocycles. The van der Waals surface area contributed by atoms with Gasteiger partial charge < -0.3 is 68.9 Å². The van der Waals surface area contributed by atoms with Gasteiger partial charge in [-0.25, -0.2) is 0 Å². The van der Waals surface area contributed by atoms with Crippen LogP contribution in [0.1, 0.15) is 126 Å². The number of benzene rings is 3. The zero-order valence-electron chi connectivity index (χ0n) is 47.1. The van der Waals surface area contributed by atoms with E-state index in [-0.39, 0.29) is 67.8 Å². The van der Waals surface area contributed by atoms with E-state index in [1.165, 1.54) is 12.8 Å². The number of rotatable bonds is 35. The second-order valence-electron chi connectivity index (χ2n) is 21.8. The third kappa shape index (κ3) is 28.2. The number of carbonyl (C=O) groups excluding carboxylic acids is 7. The summed E-state index contributed by atoms with van der Waals surface area (Å²) in [5.41, 5.74) is 13.5. The highest BCUT2D eigenvalue weighted by Gasteiger charge is 2.32. The SMILES string of the molecule is CC1(NC(=O)CCCC(=O)NC(Cc2ccccc2)C(Cc2ccccc2)C(=O)NCCCCCCCCCCCC(N)C=O)CNCCNCC(CN)(NC(=O)CCCC(=O)NC(C=O)Cc2ccccc2)CNCCNC1. The van der Waals surface area contributed by atoms with E-state index in [2.05, 4.69) is 47.9 Å². The standard InChI is InChI=1S/C61H95N11O7/c1-60(44-64-34-36-66-46-61(43-62,47-67-37-35-65-45-60)72-58(78)32-20-29-55(75)69-52(42-74)38-48-22-12-9-13-23-48)71-57(77)31-21-30-56(76)70-54(40-50-26-16-11-17-27-50)53(39-49-24-14-10-15-25-49)59(79)68-33-19-8-6-4-2-3-5-7-18-28-51(63)41-73/h9-17,22-27,41-42,51-54,64-67H,2-8,18-21,28-40,43-47,62-63H2,1H3,(H,68,79)(H,69,75)(H,70,76)(H,71,77)(H,72,78). The third-order valence-electron chi connectivity index (χ3n) is 14.5. The second-order valence-corrected chi connectivity index (χ2v) is 21.8. The third-order valence-corrected chi connectivity index (χ3v) is 14.5. The Balaban J connectivity index is 1.22. The molecule has 1 fully saturated rings. The maximum atomic E-state index is 14.1. The first-order valence-electron chi connectivity index (χ1n) is 29.1. The smallest absolute Gasteiger partial charge is 0.225 e. The molecule has 4 unspecified atom stereocenters. The van der Waals surface area contributed by atoms with Crippen molar-refractivity contribution in [3.05, 3.63) is 108 Å². The van der Waals surface area contributed by atoms with Gasteiger partial charge in [0.2, 0.25) is 29.5 Å². The molecule has 79 heavy (non-hydrogen) atoms. The van der Waals surface area contributed by atoms with Gasteiger partial charge in [0.15, 0.2) is 0 Å². The van der Waals surface area contributed by atoms with Gasteiger partial charge in [-0.3, -0.25) is 24.0 Å². The van der Waals surface area contributed by atoms with Crippen LogP contribution >= 0.6 is 0 Å². The van der Waals surface area contributed by atoms with Crippen molar-refractivity contribution >= 4 is 42.1 Å². The van der Waals surface area contributed by atoms with E-state index in [0.29, 0.717) is 91.0 Å². The van der Waals surface area contributed by atoms with Crippen molar-refractivity contribution in [1.29, 1.82) is 0 Å². The maximum absolute atomic E-state index is 14.1. The molecule has 0 aliphatic carbocycles. The van der Waals surface area contributed by atoms with Crippen LogP contribution in [0.25, 0.3) is 0 Å². The molecule has 0 bridgehead atoms. The number of unbranched alkanes of at least 4 members (excludes halogenated alkanes) is 8. The van der Waals surface area contributed by atoms with Crippen molar-refractivity contribution in [2.45, 2.75) is 158 Å². The molecular formula is C61H95N11O7. The Kier molecular flexibility index (Phi) is 32.1. The highest BCUT2D eigenvalue weighted by molar-refractivity contribution is 5.83. The fourth-order valence-electron chi connectivity index (χ4n) is 9.97. The Morgan fingerprint density at radius 1 is 0.532 bits per heavy atom. The average Bonchev–Trinajstić information content (AvgIpc) is 3.45. The van der Waals surface area contributed by atoms with Gasteiger partial charge in [0, 0.05) is 97.2 Å². The van der Waals surface area contributed by atoms with Crippen LogP contribution < -0.4 is 59.3 Å². The number of nitrogens with two attached hydrogens (primary N) is 2. The van der Waals surface area contributed by atoms with Gasteiger partial charge in [0.05, 0.1) is 29.1 Å². The average molecular weight is 1090 g/mol. The number of amides is 5. The Hall–Kier alpha value is -5.89. The summed E-state index contributed by atoms with van der Waals surface area (Å²) in [5, 5.41) is 29.3. The quantitative estimate of drug-likeness (QED) is 0.0298. The Bertz CT molecular complexity index is 2190. The molecule has 0 aromatic heterocycles. The first-order chi connectivity index (χ1) is 38.3. The predicted octanol–water partition coefficient (Wildman–Crippen LogP) is 3.44. The molecule has 3 aromatic rings. The fourth-order valence-corrected chi connectivity index (χ4v) is 9.97. The van der Waals surface area contributed by atoms with Gasteiger partial charge in [-0.2, -0.15) is 0 Å². The number of carbonyl (C=O) groups is 7. The highest BCUT2D eigenvalue weighted by atomic mass is 16.2. The summed E-state index contributed by atoms with van der Waals surface area (Å²) in [5.74, 6) is -1.49. The molecule has 0 spiro atoms. The molecule has 18 nitrogen and oxygen atoms in total. The lowest BCUT2D eigenvalue weighted by atomic mass is 9.87. The van der Waals surface area contributed by atoms with Crippen molar-refractivity contribution in [3.8, 4) is 0 Å². The summed E-state index contributed by atoms with van der Waals surface area (Å²) >= 11 is 0. The first kappa shape index (κ1) is 65.6. The van der Waals surface area contributed by atoms with Crippen LogP contribution in [0.2, 0.25) is 0 Å². The number of nitrogens with one attached hydrogen (secondary N) is 9. The minimum Gasteiger partial charge on any atom is -0.356 e. The molecule has 0 radical (unpaired) electrons. The number of hydrogen-bond acceptors (Lipinski definition) is 13. The lowest BCUT2D eigenvalue weighted by Crippen LogP contribution is -2.65.